The summed E-state index contributed by atoms with van der Waals surface area (Å²) >= 11 is 0. The molecule has 3 fully saturated rings. The molecular weight excluding hydrogens is 426 g/mol. The normalized spacial score (nSPS) is 30.4. The largest absolute Gasteiger partial charge is 0.497 e. The Morgan fingerprint density at radius 3 is 2.76 bits per heavy atom. The van der Waals surface area contributed by atoms with E-state index in [4.69, 9.17) is 24.1 Å². The van der Waals surface area contributed by atoms with E-state index in [1.807, 2.05) is 19.9 Å². The Morgan fingerprint density at radius 2 is 2.06 bits per heavy atom. The number of ether oxygens (including phenoxy) is 4. The summed E-state index contributed by atoms with van der Waals surface area (Å²) in [5.74, 6) is -0.861. The zero-order chi connectivity index (χ0) is 23.4. The number of nitrogens with zero attached hydrogens (tertiary/aromatic N) is 1. The van der Waals surface area contributed by atoms with E-state index in [9.17, 15) is 9.59 Å². The van der Waals surface area contributed by atoms with Gasteiger partial charge in [-0.1, -0.05) is 0 Å². The molecule has 2 aliphatic heterocycles. The highest BCUT2D eigenvalue weighted by Crippen LogP contribution is 2.54. The van der Waals surface area contributed by atoms with Gasteiger partial charge in [0.05, 0.1) is 19.8 Å². The third-order valence-electron chi connectivity index (χ3n) is 7.43. The van der Waals surface area contributed by atoms with Crippen LogP contribution in [0.4, 0.5) is 0 Å². The van der Waals surface area contributed by atoms with Crippen molar-refractivity contribution in [3.8, 4) is 11.5 Å². The van der Waals surface area contributed by atoms with E-state index >= 15 is 0 Å². The number of esters is 1. The quantitative estimate of drug-likeness (QED) is 0.396. The minimum Gasteiger partial charge on any atom is -0.497 e. The lowest BCUT2D eigenvalue weighted by Crippen LogP contribution is -2.70. The molecule has 4 aliphatic rings. The third kappa shape index (κ3) is 4.16. The molecule has 0 aromatic heterocycles. The number of aliphatic carboxylic acids is 1. The van der Waals surface area contributed by atoms with E-state index in [1.165, 1.54) is 12.8 Å². The second-order valence-corrected chi connectivity index (χ2v) is 10.1. The van der Waals surface area contributed by atoms with Gasteiger partial charge in [0, 0.05) is 41.8 Å². The van der Waals surface area contributed by atoms with Crippen molar-refractivity contribution in [2.45, 2.75) is 62.9 Å². The van der Waals surface area contributed by atoms with Crippen molar-refractivity contribution in [1.29, 1.82) is 0 Å². The molecule has 2 heterocycles. The van der Waals surface area contributed by atoms with Crippen LogP contribution in [0, 0.1) is 5.92 Å². The Kier molecular flexibility index (Phi) is 5.50. The lowest BCUT2D eigenvalue weighted by Gasteiger charge is -2.60. The maximum Gasteiger partial charge on any atom is 0.336 e. The molecule has 1 saturated carbocycles. The van der Waals surface area contributed by atoms with E-state index in [2.05, 4.69) is 4.90 Å². The van der Waals surface area contributed by atoms with Crippen LogP contribution in [0.3, 0.4) is 0 Å². The van der Waals surface area contributed by atoms with E-state index in [0.29, 0.717) is 24.5 Å². The van der Waals surface area contributed by atoms with Gasteiger partial charge in [0.25, 0.3) is 0 Å². The highest BCUT2D eigenvalue weighted by Gasteiger charge is 2.59. The van der Waals surface area contributed by atoms with Crippen LogP contribution in [0.5, 0.6) is 11.5 Å². The van der Waals surface area contributed by atoms with Gasteiger partial charge >= 0.3 is 11.9 Å². The molecule has 8 nitrogen and oxygen atoms in total. The number of carbonyl (C=O) groups is 2. The number of carboxylic acids is 1. The topological polar surface area (TPSA) is 94.5 Å². The van der Waals surface area contributed by atoms with Gasteiger partial charge in [-0.15, -0.1) is 0 Å². The summed E-state index contributed by atoms with van der Waals surface area (Å²) in [6, 6.07) is 3.87. The van der Waals surface area contributed by atoms with E-state index in [1.54, 1.807) is 13.2 Å². The number of fused-ring (bicyclic) bond motifs is 1. The molecule has 0 unspecified atom stereocenters. The number of hydrogen-bond acceptors (Lipinski definition) is 7. The van der Waals surface area contributed by atoms with Crippen LogP contribution in [-0.4, -0.2) is 66.7 Å². The number of rotatable bonds is 6. The van der Waals surface area contributed by atoms with Crippen molar-refractivity contribution in [2.75, 3.05) is 26.8 Å². The number of benzene rings is 1. The first-order valence-corrected chi connectivity index (χ1v) is 11.6. The number of methoxy groups -OCH3 is 1. The minimum atomic E-state index is -1.20. The Hall–Kier alpha value is -2.42. The number of likely N-dealkylation sites (tertiary alicyclic amines) is 1. The predicted molar refractivity (Wildman–Crippen MR) is 118 cm³/mol. The van der Waals surface area contributed by atoms with Gasteiger partial charge in [0.2, 0.25) is 0 Å². The molecule has 8 heteroatoms. The molecule has 1 aromatic rings. The fourth-order valence-corrected chi connectivity index (χ4v) is 5.63. The van der Waals surface area contributed by atoms with Gasteiger partial charge in [-0.2, -0.15) is 0 Å². The van der Waals surface area contributed by atoms with E-state index < -0.39 is 17.7 Å². The van der Waals surface area contributed by atoms with Gasteiger partial charge in [0.1, 0.15) is 11.5 Å². The molecule has 5 rings (SSSR count). The fraction of sp³-hybridized carbons (Fsp3) is 0.600. The molecule has 2 saturated heterocycles. The zero-order valence-corrected chi connectivity index (χ0v) is 19.3. The van der Waals surface area contributed by atoms with Crippen LogP contribution >= 0.6 is 0 Å². The highest BCUT2D eigenvalue weighted by atomic mass is 16.7. The maximum absolute atomic E-state index is 12.4. The lowest BCUT2D eigenvalue weighted by atomic mass is 9.61. The summed E-state index contributed by atoms with van der Waals surface area (Å²) in [5.41, 5.74) is 1.62. The maximum atomic E-state index is 12.4. The standard InChI is InChI=1S/C25H31NO7/c1-24(2)31-14-25-8-9-26(13-15-4-5-15)19(23(25)33-24)12-17-18(25)10-16(30-3)11-20(17)32-22(29)7-6-21(27)28/h6-7,10-11,15,19,23H,4-5,8-9,12-14H2,1-3H3,(H,27,28)/b7-6+/t19-,23+,25-/m1/s1. The van der Waals surface area contributed by atoms with Crippen LogP contribution in [0.25, 0.3) is 0 Å². The number of carbonyl (C=O) groups excluding carboxylic acids is 1. The second kappa shape index (κ2) is 8.11. The smallest absolute Gasteiger partial charge is 0.336 e. The molecule has 2 bridgehead atoms. The molecular formula is C25H31NO7. The Labute approximate surface area is 193 Å². The average molecular weight is 458 g/mol. The van der Waals surface area contributed by atoms with Crippen molar-refractivity contribution in [1.82, 2.24) is 4.90 Å². The van der Waals surface area contributed by atoms with Gasteiger partial charge in [-0.25, -0.2) is 9.59 Å². The monoisotopic (exact) mass is 457 g/mol. The van der Waals surface area contributed by atoms with Crippen molar-refractivity contribution in [3.63, 3.8) is 0 Å². The van der Waals surface area contributed by atoms with Crippen LogP contribution in [0.1, 0.15) is 44.2 Å². The molecule has 1 aromatic carbocycles. The predicted octanol–water partition coefficient (Wildman–Crippen LogP) is 2.67. The van der Waals surface area contributed by atoms with E-state index in [0.717, 1.165) is 48.7 Å². The Morgan fingerprint density at radius 1 is 1.27 bits per heavy atom. The number of piperidine rings is 1. The Balaban J connectivity index is 1.57. The third-order valence-corrected chi connectivity index (χ3v) is 7.43. The first-order valence-electron chi connectivity index (χ1n) is 11.6. The van der Waals surface area contributed by atoms with Crippen LogP contribution in [0.2, 0.25) is 0 Å². The van der Waals surface area contributed by atoms with Crippen molar-refractivity contribution in [3.05, 3.63) is 35.4 Å². The number of hydrogen-bond donors (Lipinski definition) is 1. The molecule has 2 aliphatic carbocycles. The van der Waals surface area contributed by atoms with Crippen LogP contribution in [-0.2, 0) is 30.9 Å². The molecule has 33 heavy (non-hydrogen) atoms. The summed E-state index contributed by atoms with van der Waals surface area (Å²) in [5, 5.41) is 8.84. The van der Waals surface area contributed by atoms with Crippen molar-refractivity contribution >= 4 is 11.9 Å². The second-order valence-electron chi connectivity index (χ2n) is 10.1. The van der Waals surface area contributed by atoms with Crippen molar-refractivity contribution < 1.29 is 33.6 Å². The summed E-state index contributed by atoms with van der Waals surface area (Å²) < 4.78 is 24.0. The lowest BCUT2D eigenvalue weighted by molar-refractivity contribution is -0.322. The summed E-state index contributed by atoms with van der Waals surface area (Å²) in [4.78, 5) is 25.7. The minimum absolute atomic E-state index is 0.0381. The van der Waals surface area contributed by atoms with Gasteiger partial charge in [0.15, 0.2) is 5.79 Å². The fourth-order valence-electron chi connectivity index (χ4n) is 5.63. The van der Waals surface area contributed by atoms with Crippen LogP contribution in [0.15, 0.2) is 24.3 Å². The summed E-state index contributed by atoms with van der Waals surface area (Å²) in [6.07, 6.45) is 5.78. The first kappa shape index (κ1) is 22.4. The first-order chi connectivity index (χ1) is 15.7. The molecule has 0 radical (unpaired) electrons. The molecule has 0 amide bonds. The summed E-state index contributed by atoms with van der Waals surface area (Å²) in [6.45, 7) is 6.47. The Bertz CT molecular complexity index is 999. The SMILES string of the molecule is COc1cc(OC(=O)/C=C/C(=O)O)c2c(c1)[C@]13CCN(CC4CC4)[C@H](C2)[C@@H]1OC(C)(C)OC3. The molecule has 0 spiro atoms. The molecule has 3 atom stereocenters. The molecule has 1 N–H and O–H groups in total. The van der Waals surface area contributed by atoms with Gasteiger partial charge in [-0.05, 0) is 63.6 Å². The molecule has 178 valence electrons. The highest BCUT2D eigenvalue weighted by molar-refractivity contribution is 5.92. The van der Waals surface area contributed by atoms with Crippen molar-refractivity contribution in [2.24, 2.45) is 5.92 Å². The zero-order valence-electron chi connectivity index (χ0n) is 19.3. The average Bonchev–Trinajstić information content (AvgIpc) is 3.58. The van der Waals surface area contributed by atoms with Gasteiger partial charge < -0.3 is 24.1 Å². The van der Waals surface area contributed by atoms with E-state index in [-0.39, 0.29) is 17.6 Å². The van der Waals surface area contributed by atoms with Gasteiger partial charge in [-0.3, -0.25) is 4.90 Å². The summed E-state index contributed by atoms with van der Waals surface area (Å²) in [7, 11) is 1.58. The number of carboxylic acid groups (broad SMARTS) is 1. The van der Waals surface area contributed by atoms with Crippen LogP contribution < -0.4 is 9.47 Å².